The molecule has 0 fully saturated rings. The molecule has 2 aromatic carbocycles. The molecule has 556 valence electrons. The number of unbranched alkanes of at least 4 members (excludes halogenated alkanes) is 60. The zero-order chi connectivity index (χ0) is 69.2. The van der Waals surface area contributed by atoms with Gasteiger partial charge in [-0.25, -0.2) is 0 Å². The van der Waals surface area contributed by atoms with Crippen LogP contribution in [0, 0.1) is 0 Å². The van der Waals surface area contributed by atoms with Gasteiger partial charge in [-0.2, -0.15) is 0 Å². The summed E-state index contributed by atoms with van der Waals surface area (Å²) in [6.07, 6.45) is 86.3. The summed E-state index contributed by atoms with van der Waals surface area (Å²) in [7, 11) is 0. The Morgan fingerprint density at radius 1 is 0.188 bits per heavy atom. The lowest BCUT2D eigenvalue weighted by atomic mass is 10.0. The van der Waals surface area contributed by atoms with Crippen molar-refractivity contribution in [2.24, 2.45) is 0 Å². The zero-order valence-electron chi connectivity index (χ0n) is 64.3. The smallest absolute Gasteiger partial charge is 0.251 e. The van der Waals surface area contributed by atoms with Crippen LogP contribution in [0.5, 0.6) is 0 Å². The molecule has 4 amide bonds. The van der Waals surface area contributed by atoms with Crippen LogP contribution in [0.2, 0.25) is 0 Å². The predicted octanol–water partition coefficient (Wildman–Crippen LogP) is 27.3. The average Bonchev–Trinajstić information content (AvgIpc) is 1.05. The van der Waals surface area contributed by atoms with E-state index in [-0.39, 0.29) is 23.6 Å². The predicted molar refractivity (Wildman–Crippen MR) is 420 cm³/mol. The summed E-state index contributed by atoms with van der Waals surface area (Å²) in [5, 5.41) is 12.2. The van der Waals surface area contributed by atoms with E-state index in [9.17, 15) is 19.2 Å². The number of hydrogen-bond donors (Lipinski definition) is 4. The molecule has 0 saturated carbocycles. The number of benzene rings is 2. The van der Waals surface area contributed by atoms with E-state index in [4.69, 9.17) is 0 Å². The van der Waals surface area contributed by atoms with Gasteiger partial charge in [0.2, 0.25) is 0 Å². The summed E-state index contributed by atoms with van der Waals surface area (Å²) < 4.78 is 0. The Kier molecular flexibility index (Phi) is 69.7. The van der Waals surface area contributed by atoms with Gasteiger partial charge in [-0.15, -0.1) is 0 Å². The number of hydrogen-bond acceptors (Lipinski definition) is 4. The fourth-order valence-electron chi connectivity index (χ4n) is 13.5. The number of amides is 4. The number of carbonyl (C=O) groups is 4. The summed E-state index contributed by atoms with van der Waals surface area (Å²) in [5.74, 6) is -0.321. The molecule has 4 N–H and O–H groups in total. The standard InChI is InChI=1S/2C44H80N2O2/c2*1-3-5-7-9-11-13-15-17-19-21-23-25-27-29-31-33-38-45-43(47)41-36-35-37-42(40-41)44(48)46-39-34-32-30-28-26-24-22-20-18-16-14-12-10-8-6-4-2/h2*35-37,40H,3-34,38-39H2,1-2H3,(H,45,47)(H,46,48). The van der Waals surface area contributed by atoms with Crippen LogP contribution in [0.1, 0.15) is 480 Å². The minimum Gasteiger partial charge on any atom is -0.352 e. The Hall–Kier alpha value is -3.68. The molecular weight excluding hydrogens is 1180 g/mol. The second kappa shape index (κ2) is 74.0. The molecule has 8 heteroatoms. The summed E-state index contributed by atoms with van der Waals surface area (Å²) in [4.78, 5) is 50.7. The van der Waals surface area contributed by atoms with Gasteiger partial charge in [-0.3, -0.25) is 19.2 Å². The fraction of sp³-hybridized carbons (Fsp3) is 0.818. The van der Waals surface area contributed by atoms with Gasteiger partial charge >= 0.3 is 0 Å². The molecule has 96 heavy (non-hydrogen) atoms. The monoisotopic (exact) mass is 1340 g/mol. The van der Waals surface area contributed by atoms with E-state index < -0.39 is 0 Å². The van der Waals surface area contributed by atoms with Crippen molar-refractivity contribution in [3.8, 4) is 0 Å². The zero-order valence-corrected chi connectivity index (χ0v) is 64.3. The molecule has 0 radical (unpaired) electrons. The SMILES string of the molecule is CCCCCCCCCCCCCCCCCCNC(=O)c1cccc(C(=O)NCCCCCCCCCCCCCCCCCC)c1.CCCCCCCCCCCCCCCCCCNC(=O)c1cccc(C(=O)NCCCCCCCCCCCCCCCCCC)c1. The van der Waals surface area contributed by atoms with E-state index in [1.807, 2.05) is 12.1 Å². The molecule has 0 aliphatic rings. The topological polar surface area (TPSA) is 116 Å². The minimum absolute atomic E-state index is 0.0802. The van der Waals surface area contributed by atoms with E-state index in [1.54, 1.807) is 36.4 Å². The second-order valence-corrected chi connectivity index (χ2v) is 29.4. The molecule has 0 unspecified atom stereocenters. The number of carbonyl (C=O) groups excluding carboxylic acids is 4. The first-order valence-corrected chi connectivity index (χ1v) is 42.7. The maximum Gasteiger partial charge on any atom is 0.251 e. The van der Waals surface area contributed by atoms with Gasteiger partial charge in [0.1, 0.15) is 0 Å². The van der Waals surface area contributed by atoms with Gasteiger partial charge in [0.15, 0.2) is 0 Å². The largest absolute Gasteiger partial charge is 0.352 e. The Balaban J connectivity index is 0.000000960. The third-order valence-electron chi connectivity index (χ3n) is 20.0. The van der Waals surface area contributed by atoms with Crippen LogP contribution < -0.4 is 21.3 Å². The van der Waals surface area contributed by atoms with E-state index >= 15 is 0 Å². The Morgan fingerprint density at radius 2 is 0.302 bits per heavy atom. The van der Waals surface area contributed by atoms with Gasteiger partial charge in [-0.1, -0.05) is 425 Å². The van der Waals surface area contributed by atoms with Crippen molar-refractivity contribution in [2.45, 2.75) is 439 Å². The van der Waals surface area contributed by atoms with Crippen LogP contribution >= 0.6 is 0 Å². The quantitative estimate of drug-likeness (QED) is 0.0494. The molecule has 0 aliphatic carbocycles. The highest BCUT2D eigenvalue weighted by atomic mass is 16.2. The van der Waals surface area contributed by atoms with E-state index in [1.165, 1.54) is 385 Å². The molecule has 2 aromatic rings. The first-order valence-electron chi connectivity index (χ1n) is 42.7. The van der Waals surface area contributed by atoms with Crippen LogP contribution in [0.4, 0.5) is 0 Å². The Morgan fingerprint density at radius 3 is 0.427 bits per heavy atom. The second-order valence-electron chi connectivity index (χ2n) is 29.4. The summed E-state index contributed by atoms with van der Waals surface area (Å²) in [6.45, 7) is 11.9. The van der Waals surface area contributed by atoms with Crippen molar-refractivity contribution in [3.05, 3.63) is 70.8 Å². The van der Waals surface area contributed by atoms with Gasteiger partial charge < -0.3 is 21.3 Å². The van der Waals surface area contributed by atoms with Gasteiger partial charge in [0.25, 0.3) is 23.6 Å². The van der Waals surface area contributed by atoms with Crippen molar-refractivity contribution in [1.82, 2.24) is 21.3 Å². The Bertz CT molecular complexity index is 1720. The van der Waals surface area contributed by atoms with Crippen molar-refractivity contribution in [1.29, 1.82) is 0 Å². The highest BCUT2D eigenvalue weighted by molar-refractivity contribution is 6.00. The van der Waals surface area contributed by atoms with Crippen molar-refractivity contribution < 1.29 is 19.2 Å². The van der Waals surface area contributed by atoms with E-state index in [2.05, 4.69) is 49.0 Å². The van der Waals surface area contributed by atoms with Crippen LogP contribution in [0.25, 0.3) is 0 Å². The molecular formula is C88H160N4O4. The number of nitrogens with one attached hydrogen (secondary N) is 4. The molecule has 0 atom stereocenters. The van der Waals surface area contributed by atoms with Crippen LogP contribution in [-0.4, -0.2) is 49.8 Å². The highest BCUT2D eigenvalue weighted by Gasteiger charge is 2.12. The van der Waals surface area contributed by atoms with Gasteiger partial charge in [-0.05, 0) is 62.1 Å². The maximum atomic E-state index is 12.7. The summed E-state index contributed by atoms with van der Waals surface area (Å²) in [5.41, 5.74) is 2.28. The average molecular weight is 1340 g/mol. The first kappa shape index (κ1) is 90.3. The molecule has 2 rings (SSSR count). The summed E-state index contributed by atoms with van der Waals surface area (Å²) in [6, 6.07) is 14.3. The first-order chi connectivity index (χ1) is 47.4. The number of rotatable bonds is 72. The van der Waals surface area contributed by atoms with Gasteiger partial charge in [0.05, 0.1) is 0 Å². The molecule has 8 nitrogen and oxygen atoms in total. The minimum atomic E-state index is -0.0802. The third-order valence-corrected chi connectivity index (χ3v) is 20.0. The molecule has 0 aromatic heterocycles. The lowest BCUT2D eigenvalue weighted by molar-refractivity contribution is 0.0937. The van der Waals surface area contributed by atoms with Crippen LogP contribution in [0.15, 0.2) is 48.5 Å². The normalized spacial score (nSPS) is 11.2. The Labute approximate surface area is 596 Å². The highest BCUT2D eigenvalue weighted by Crippen LogP contribution is 2.19. The van der Waals surface area contributed by atoms with E-state index in [0.29, 0.717) is 48.4 Å². The van der Waals surface area contributed by atoms with Crippen molar-refractivity contribution in [2.75, 3.05) is 26.2 Å². The molecule has 0 spiro atoms. The summed E-state index contributed by atoms with van der Waals surface area (Å²) >= 11 is 0. The van der Waals surface area contributed by atoms with E-state index in [0.717, 1.165) is 25.7 Å². The van der Waals surface area contributed by atoms with Crippen LogP contribution in [-0.2, 0) is 0 Å². The van der Waals surface area contributed by atoms with Gasteiger partial charge in [0, 0.05) is 48.4 Å². The van der Waals surface area contributed by atoms with Crippen molar-refractivity contribution in [3.63, 3.8) is 0 Å². The molecule has 0 bridgehead atoms. The lowest BCUT2D eigenvalue weighted by Gasteiger charge is -2.08. The van der Waals surface area contributed by atoms with Crippen LogP contribution in [0.3, 0.4) is 0 Å². The van der Waals surface area contributed by atoms with Crippen molar-refractivity contribution >= 4 is 23.6 Å². The lowest BCUT2D eigenvalue weighted by Crippen LogP contribution is -2.26. The fourth-order valence-corrected chi connectivity index (χ4v) is 13.5. The molecule has 0 heterocycles. The molecule has 0 saturated heterocycles. The third kappa shape index (κ3) is 61.4. The maximum absolute atomic E-state index is 12.7. The molecule has 0 aliphatic heterocycles.